The van der Waals surface area contributed by atoms with Gasteiger partial charge < -0.3 is 15.4 Å². The highest BCUT2D eigenvalue weighted by Crippen LogP contribution is 2.26. The molecule has 0 radical (unpaired) electrons. The zero-order chi connectivity index (χ0) is 11.4. The summed E-state index contributed by atoms with van der Waals surface area (Å²) in [5.41, 5.74) is 0. The zero-order valence-electron chi connectivity index (χ0n) is 10.4. The van der Waals surface area contributed by atoms with Crippen LogP contribution in [0.25, 0.3) is 0 Å². The highest BCUT2D eigenvalue weighted by Gasteiger charge is 2.33. The molecular formula is C12H23ClN2O2. The largest absolute Gasteiger partial charge is 0.381 e. The molecule has 2 heterocycles. The first-order valence-corrected chi connectivity index (χ1v) is 6.41. The molecule has 100 valence electrons. The van der Waals surface area contributed by atoms with Crippen LogP contribution in [0.5, 0.6) is 0 Å². The predicted octanol–water partition coefficient (Wildman–Crippen LogP) is 1.23. The molecule has 0 aromatic rings. The van der Waals surface area contributed by atoms with Gasteiger partial charge in [0.25, 0.3) is 0 Å². The number of hydrogen-bond acceptors (Lipinski definition) is 3. The summed E-state index contributed by atoms with van der Waals surface area (Å²) in [5.74, 6) is 0.139. The number of piperidine rings is 1. The first-order chi connectivity index (χ1) is 7.78. The van der Waals surface area contributed by atoms with Crippen LogP contribution >= 0.6 is 12.4 Å². The summed E-state index contributed by atoms with van der Waals surface area (Å²) in [5, 5.41) is 6.69. The number of carbonyl (C=O) groups is 1. The van der Waals surface area contributed by atoms with Crippen LogP contribution in [-0.2, 0) is 9.53 Å². The Bertz CT molecular complexity index is 239. The average molecular weight is 263 g/mol. The van der Waals surface area contributed by atoms with E-state index in [1.54, 1.807) is 0 Å². The Hall–Kier alpha value is -0.320. The maximum atomic E-state index is 11.6. The lowest BCUT2D eigenvalue weighted by molar-refractivity contribution is -0.123. The molecule has 2 aliphatic heterocycles. The Morgan fingerprint density at radius 3 is 2.59 bits per heavy atom. The van der Waals surface area contributed by atoms with E-state index in [-0.39, 0.29) is 18.3 Å². The van der Waals surface area contributed by atoms with E-state index < -0.39 is 0 Å². The zero-order valence-corrected chi connectivity index (χ0v) is 11.2. The predicted molar refractivity (Wildman–Crippen MR) is 69.5 cm³/mol. The van der Waals surface area contributed by atoms with Gasteiger partial charge in [0, 0.05) is 31.2 Å². The third kappa shape index (κ3) is 4.45. The molecular weight excluding hydrogens is 240 g/mol. The number of carbonyl (C=O) groups excluding carboxylic acids is 1. The molecule has 2 bridgehead atoms. The fourth-order valence-corrected chi connectivity index (χ4v) is 2.78. The van der Waals surface area contributed by atoms with E-state index in [4.69, 9.17) is 4.74 Å². The van der Waals surface area contributed by atoms with Crippen LogP contribution in [0.15, 0.2) is 0 Å². The molecule has 2 fully saturated rings. The summed E-state index contributed by atoms with van der Waals surface area (Å²) in [6, 6.07) is 1.65. The fraction of sp³-hybridized carbons (Fsp3) is 0.917. The minimum atomic E-state index is 0. The SMILES string of the molecule is CCOCCC(=O)NC1CC2CCC(C1)N2.Cl. The van der Waals surface area contributed by atoms with Gasteiger partial charge in [0.1, 0.15) is 0 Å². The Balaban J connectivity index is 0.00000144. The van der Waals surface area contributed by atoms with Crippen LogP contribution in [0.1, 0.15) is 39.0 Å². The average Bonchev–Trinajstić information content (AvgIpc) is 2.58. The van der Waals surface area contributed by atoms with E-state index >= 15 is 0 Å². The molecule has 2 rings (SSSR count). The highest BCUT2D eigenvalue weighted by molar-refractivity contribution is 5.85. The Morgan fingerprint density at radius 2 is 2.00 bits per heavy atom. The molecule has 1 amide bonds. The Kier molecular flexibility index (Phi) is 6.23. The van der Waals surface area contributed by atoms with Crippen molar-refractivity contribution in [2.24, 2.45) is 0 Å². The fourth-order valence-electron chi connectivity index (χ4n) is 2.78. The summed E-state index contributed by atoms with van der Waals surface area (Å²) in [6.45, 7) is 3.17. The van der Waals surface area contributed by atoms with Crippen LogP contribution in [0.4, 0.5) is 0 Å². The summed E-state index contributed by atoms with van der Waals surface area (Å²) in [6.07, 6.45) is 5.23. The lowest BCUT2D eigenvalue weighted by atomic mass is 10.00. The van der Waals surface area contributed by atoms with Gasteiger partial charge in [-0.25, -0.2) is 0 Å². The van der Waals surface area contributed by atoms with Crippen LogP contribution in [0, 0.1) is 0 Å². The molecule has 17 heavy (non-hydrogen) atoms. The topological polar surface area (TPSA) is 50.4 Å². The molecule has 2 N–H and O–H groups in total. The van der Waals surface area contributed by atoms with E-state index in [1.807, 2.05) is 6.92 Å². The smallest absolute Gasteiger partial charge is 0.222 e. The van der Waals surface area contributed by atoms with Gasteiger partial charge in [-0.15, -0.1) is 12.4 Å². The number of rotatable bonds is 5. The molecule has 0 aromatic carbocycles. The van der Waals surface area contributed by atoms with Gasteiger partial charge in [0.05, 0.1) is 6.61 Å². The third-order valence-electron chi connectivity index (χ3n) is 3.52. The van der Waals surface area contributed by atoms with E-state index in [1.165, 1.54) is 12.8 Å². The number of hydrogen-bond donors (Lipinski definition) is 2. The molecule has 0 aromatic heterocycles. The number of amides is 1. The summed E-state index contributed by atoms with van der Waals surface area (Å²) >= 11 is 0. The summed E-state index contributed by atoms with van der Waals surface area (Å²) in [4.78, 5) is 11.6. The first-order valence-electron chi connectivity index (χ1n) is 6.41. The molecule has 2 saturated heterocycles. The molecule has 4 nitrogen and oxygen atoms in total. The van der Waals surface area contributed by atoms with Crippen molar-refractivity contribution in [1.82, 2.24) is 10.6 Å². The van der Waals surface area contributed by atoms with Crippen molar-refractivity contribution in [2.45, 2.75) is 57.2 Å². The number of halogens is 1. The number of ether oxygens (including phenoxy) is 1. The molecule has 2 atom stereocenters. The monoisotopic (exact) mass is 262 g/mol. The van der Waals surface area contributed by atoms with Gasteiger partial charge in [-0.05, 0) is 32.6 Å². The van der Waals surface area contributed by atoms with Crippen molar-refractivity contribution in [1.29, 1.82) is 0 Å². The minimum Gasteiger partial charge on any atom is -0.381 e. The normalized spacial score (nSPS) is 30.8. The van der Waals surface area contributed by atoms with Gasteiger partial charge in [-0.2, -0.15) is 0 Å². The van der Waals surface area contributed by atoms with Crippen molar-refractivity contribution in [3.05, 3.63) is 0 Å². The van der Waals surface area contributed by atoms with E-state index in [0.717, 1.165) is 12.8 Å². The number of nitrogens with one attached hydrogen (secondary N) is 2. The first kappa shape index (κ1) is 14.7. The molecule has 0 saturated carbocycles. The quantitative estimate of drug-likeness (QED) is 0.733. The number of fused-ring (bicyclic) bond motifs is 2. The molecule has 2 unspecified atom stereocenters. The molecule has 2 aliphatic rings. The lowest BCUT2D eigenvalue weighted by Gasteiger charge is -2.29. The van der Waals surface area contributed by atoms with Crippen molar-refractivity contribution < 1.29 is 9.53 Å². The lowest BCUT2D eigenvalue weighted by Crippen LogP contribution is -2.48. The third-order valence-corrected chi connectivity index (χ3v) is 3.52. The maximum Gasteiger partial charge on any atom is 0.222 e. The maximum absolute atomic E-state index is 11.6. The van der Waals surface area contributed by atoms with Gasteiger partial charge in [-0.1, -0.05) is 0 Å². The van der Waals surface area contributed by atoms with Crippen molar-refractivity contribution in [3.8, 4) is 0 Å². The van der Waals surface area contributed by atoms with Crippen LogP contribution in [0.2, 0.25) is 0 Å². The van der Waals surface area contributed by atoms with Crippen molar-refractivity contribution >= 4 is 18.3 Å². The van der Waals surface area contributed by atoms with Crippen molar-refractivity contribution in [3.63, 3.8) is 0 Å². The standard InChI is InChI=1S/C12H22N2O2.ClH/c1-2-16-6-5-12(15)14-11-7-9-3-4-10(8-11)13-9;/h9-11,13H,2-8H2,1H3,(H,14,15);1H. The summed E-state index contributed by atoms with van der Waals surface area (Å²) < 4.78 is 5.17. The van der Waals surface area contributed by atoms with Gasteiger partial charge in [0.2, 0.25) is 5.91 Å². The van der Waals surface area contributed by atoms with Crippen LogP contribution < -0.4 is 10.6 Å². The van der Waals surface area contributed by atoms with Gasteiger partial charge >= 0.3 is 0 Å². The Morgan fingerprint density at radius 1 is 1.35 bits per heavy atom. The van der Waals surface area contributed by atoms with Crippen LogP contribution in [-0.4, -0.2) is 37.2 Å². The Labute approximate surface area is 109 Å². The second kappa shape index (κ2) is 7.19. The molecule has 0 spiro atoms. The highest BCUT2D eigenvalue weighted by atomic mass is 35.5. The summed E-state index contributed by atoms with van der Waals surface area (Å²) in [7, 11) is 0. The van der Waals surface area contributed by atoms with E-state index in [9.17, 15) is 4.79 Å². The van der Waals surface area contributed by atoms with Crippen molar-refractivity contribution in [2.75, 3.05) is 13.2 Å². The van der Waals surface area contributed by atoms with Gasteiger partial charge in [0.15, 0.2) is 0 Å². The minimum absolute atomic E-state index is 0. The molecule has 0 aliphatic carbocycles. The van der Waals surface area contributed by atoms with E-state index in [2.05, 4.69) is 10.6 Å². The second-order valence-corrected chi connectivity index (χ2v) is 4.82. The van der Waals surface area contributed by atoms with E-state index in [0.29, 0.717) is 37.8 Å². The molecule has 5 heteroatoms. The second-order valence-electron chi connectivity index (χ2n) is 4.82. The van der Waals surface area contributed by atoms with Gasteiger partial charge in [-0.3, -0.25) is 4.79 Å². The van der Waals surface area contributed by atoms with Crippen LogP contribution in [0.3, 0.4) is 0 Å².